The number of aryl methyl sites for hydroxylation is 1. The van der Waals surface area contributed by atoms with E-state index >= 15 is 0 Å². The number of likely N-dealkylation sites (tertiary alicyclic amines) is 1. The van der Waals surface area contributed by atoms with E-state index in [0.717, 1.165) is 37.8 Å². The highest BCUT2D eigenvalue weighted by Crippen LogP contribution is 2.11. The Kier molecular flexibility index (Phi) is 11.8. The Labute approximate surface area is 175 Å². The molecule has 1 aliphatic rings. The van der Waals surface area contributed by atoms with Crippen molar-refractivity contribution in [3.05, 3.63) is 12.2 Å². The van der Waals surface area contributed by atoms with E-state index in [4.69, 9.17) is 4.99 Å². The molecule has 0 aliphatic carbocycles. The fraction of sp³-hybridized carbons (Fsp3) is 0.833. The minimum absolute atomic E-state index is 0. The van der Waals surface area contributed by atoms with Crippen LogP contribution >= 0.6 is 24.0 Å². The van der Waals surface area contributed by atoms with Gasteiger partial charge in [0.25, 0.3) is 0 Å². The van der Waals surface area contributed by atoms with E-state index in [1.807, 2.05) is 0 Å². The Morgan fingerprint density at radius 2 is 2.00 bits per heavy atom. The van der Waals surface area contributed by atoms with Crippen molar-refractivity contribution < 1.29 is 0 Å². The van der Waals surface area contributed by atoms with Crippen molar-refractivity contribution in [3.63, 3.8) is 0 Å². The van der Waals surface area contributed by atoms with Crippen molar-refractivity contribution in [2.24, 2.45) is 4.99 Å². The molecule has 8 heteroatoms. The van der Waals surface area contributed by atoms with Crippen molar-refractivity contribution in [3.8, 4) is 0 Å². The topological polar surface area (TPSA) is 70.4 Å². The van der Waals surface area contributed by atoms with Gasteiger partial charge >= 0.3 is 0 Å². The first-order chi connectivity index (χ1) is 12.3. The summed E-state index contributed by atoms with van der Waals surface area (Å²) in [7, 11) is 0. The van der Waals surface area contributed by atoms with E-state index in [1.165, 1.54) is 45.3 Å². The van der Waals surface area contributed by atoms with Crippen LogP contribution in [0, 0.1) is 0 Å². The smallest absolute Gasteiger partial charge is 0.191 e. The van der Waals surface area contributed by atoms with Gasteiger partial charge in [0, 0.05) is 38.6 Å². The third-order valence-electron chi connectivity index (χ3n) is 4.72. The summed E-state index contributed by atoms with van der Waals surface area (Å²) in [6, 6.07) is 0.525. The molecule has 7 nitrogen and oxygen atoms in total. The molecule has 1 fully saturated rings. The van der Waals surface area contributed by atoms with E-state index in [9.17, 15) is 0 Å². The molecule has 1 aliphatic heterocycles. The van der Waals surface area contributed by atoms with E-state index in [2.05, 4.69) is 51.1 Å². The number of unbranched alkanes of at least 4 members (excludes halogenated alkanes) is 1. The molecule has 0 bridgehead atoms. The molecule has 1 saturated heterocycles. The molecule has 2 N–H and O–H groups in total. The van der Waals surface area contributed by atoms with Crippen molar-refractivity contribution in [2.75, 3.05) is 32.7 Å². The molecule has 0 atom stereocenters. The first-order valence-corrected chi connectivity index (χ1v) is 9.90. The molecule has 0 unspecified atom stereocenters. The second-order valence-electron chi connectivity index (χ2n) is 6.67. The van der Waals surface area contributed by atoms with Crippen LogP contribution in [-0.4, -0.2) is 64.4 Å². The van der Waals surface area contributed by atoms with Crippen molar-refractivity contribution in [2.45, 2.75) is 65.5 Å². The Balaban J connectivity index is 0.00000338. The maximum absolute atomic E-state index is 4.73. The van der Waals surface area contributed by atoms with Crippen molar-refractivity contribution >= 4 is 29.9 Å². The average molecular weight is 477 g/mol. The van der Waals surface area contributed by atoms with Gasteiger partial charge in [0.15, 0.2) is 5.96 Å². The number of halogens is 1. The lowest BCUT2D eigenvalue weighted by molar-refractivity contribution is 0.203. The molecular weight excluding hydrogens is 441 g/mol. The Morgan fingerprint density at radius 1 is 1.23 bits per heavy atom. The van der Waals surface area contributed by atoms with Crippen LogP contribution in [0.5, 0.6) is 0 Å². The van der Waals surface area contributed by atoms with Gasteiger partial charge in [0.2, 0.25) is 0 Å². The summed E-state index contributed by atoms with van der Waals surface area (Å²) in [5, 5.41) is 15.1. The zero-order chi connectivity index (χ0) is 17.9. The molecule has 0 aromatic carbocycles. The number of guanidine groups is 1. The standard InChI is InChI=1S/C18H35N7.HI/c1-4-7-11-24-12-8-16(9-13-24)22-18(19-6-3)20-10-14-25-15-21-23-17(25)5-2;/h15-16H,4-14H2,1-3H3,(H2,19,20,22);1H. The quantitative estimate of drug-likeness (QED) is 0.325. The molecule has 1 aromatic heterocycles. The number of aromatic nitrogens is 3. The fourth-order valence-electron chi connectivity index (χ4n) is 3.21. The fourth-order valence-corrected chi connectivity index (χ4v) is 3.21. The van der Waals surface area contributed by atoms with Crippen molar-refractivity contribution in [1.82, 2.24) is 30.3 Å². The zero-order valence-electron chi connectivity index (χ0n) is 16.6. The van der Waals surface area contributed by atoms with Crippen LogP contribution < -0.4 is 10.6 Å². The van der Waals surface area contributed by atoms with Gasteiger partial charge in [-0.3, -0.25) is 4.99 Å². The first kappa shape index (κ1) is 23.1. The van der Waals surface area contributed by atoms with Gasteiger partial charge < -0.3 is 20.1 Å². The van der Waals surface area contributed by atoms with E-state index in [-0.39, 0.29) is 24.0 Å². The SMILES string of the molecule is CCCCN1CCC(NC(=NCCn2cnnc2CC)NCC)CC1.I. The van der Waals surface area contributed by atoms with Crippen LogP contribution in [-0.2, 0) is 13.0 Å². The molecular formula is C18H36IN7. The van der Waals surface area contributed by atoms with Gasteiger partial charge in [-0.2, -0.15) is 0 Å². The van der Waals surface area contributed by atoms with Crippen molar-refractivity contribution in [1.29, 1.82) is 0 Å². The maximum atomic E-state index is 4.73. The Hall–Kier alpha value is -0.900. The minimum Gasteiger partial charge on any atom is -0.357 e. The summed E-state index contributed by atoms with van der Waals surface area (Å²) in [4.78, 5) is 7.32. The predicted molar refractivity (Wildman–Crippen MR) is 118 cm³/mol. The van der Waals surface area contributed by atoms with Crippen LogP contribution in [0.3, 0.4) is 0 Å². The van der Waals surface area contributed by atoms with Gasteiger partial charge in [-0.15, -0.1) is 34.2 Å². The second-order valence-corrected chi connectivity index (χ2v) is 6.67. The normalized spacial score (nSPS) is 16.3. The van der Waals surface area contributed by atoms with Gasteiger partial charge in [-0.1, -0.05) is 20.3 Å². The summed E-state index contributed by atoms with van der Waals surface area (Å²) >= 11 is 0. The molecule has 2 rings (SSSR count). The van der Waals surface area contributed by atoms with Crippen LogP contribution in [0.1, 0.15) is 52.3 Å². The number of nitrogens with zero attached hydrogens (tertiary/aromatic N) is 5. The lowest BCUT2D eigenvalue weighted by atomic mass is 10.0. The third kappa shape index (κ3) is 7.77. The number of hydrogen-bond donors (Lipinski definition) is 2. The number of hydrogen-bond acceptors (Lipinski definition) is 4. The monoisotopic (exact) mass is 477 g/mol. The van der Waals surface area contributed by atoms with E-state index in [0.29, 0.717) is 6.04 Å². The highest BCUT2D eigenvalue weighted by Gasteiger charge is 2.19. The maximum Gasteiger partial charge on any atom is 0.191 e. The molecule has 0 saturated carbocycles. The summed E-state index contributed by atoms with van der Waals surface area (Å²) in [6.45, 7) is 12.5. The molecule has 150 valence electrons. The van der Waals surface area contributed by atoms with Gasteiger partial charge in [0.05, 0.1) is 6.54 Å². The number of rotatable bonds is 9. The van der Waals surface area contributed by atoms with Gasteiger partial charge in [0.1, 0.15) is 12.2 Å². The largest absolute Gasteiger partial charge is 0.357 e. The summed E-state index contributed by atoms with van der Waals surface area (Å²) in [6.07, 6.45) is 7.67. The number of nitrogens with one attached hydrogen (secondary N) is 2. The molecule has 0 spiro atoms. The lowest BCUT2D eigenvalue weighted by Gasteiger charge is -2.33. The highest BCUT2D eigenvalue weighted by atomic mass is 127. The summed E-state index contributed by atoms with van der Waals surface area (Å²) in [5.41, 5.74) is 0. The molecule has 26 heavy (non-hydrogen) atoms. The van der Waals surface area contributed by atoms with Gasteiger partial charge in [-0.25, -0.2) is 0 Å². The number of piperidine rings is 1. The van der Waals surface area contributed by atoms with E-state index in [1.54, 1.807) is 6.33 Å². The van der Waals surface area contributed by atoms with Gasteiger partial charge in [-0.05, 0) is 32.7 Å². The zero-order valence-corrected chi connectivity index (χ0v) is 18.9. The first-order valence-electron chi connectivity index (χ1n) is 9.90. The average Bonchev–Trinajstić information content (AvgIpc) is 3.09. The van der Waals surface area contributed by atoms with Crippen LogP contribution in [0.4, 0.5) is 0 Å². The Morgan fingerprint density at radius 3 is 2.65 bits per heavy atom. The highest BCUT2D eigenvalue weighted by molar-refractivity contribution is 14.0. The molecule has 0 amide bonds. The third-order valence-corrected chi connectivity index (χ3v) is 4.72. The molecule has 1 aromatic rings. The second kappa shape index (κ2) is 13.3. The molecule has 2 heterocycles. The summed E-state index contributed by atoms with van der Waals surface area (Å²) < 4.78 is 2.08. The summed E-state index contributed by atoms with van der Waals surface area (Å²) in [5.74, 6) is 1.95. The number of aliphatic imine (C=N–C) groups is 1. The van der Waals surface area contributed by atoms with Crippen LogP contribution in [0.25, 0.3) is 0 Å². The molecule has 0 radical (unpaired) electrons. The van der Waals surface area contributed by atoms with Crippen LogP contribution in [0.2, 0.25) is 0 Å². The lowest BCUT2D eigenvalue weighted by Crippen LogP contribution is -2.48. The van der Waals surface area contributed by atoms with E-state index < -0.39 is 0 Å². The Bertz CT molecular complexity index is 509. The van der Waals surface area contributed by atoms with Crippen LogP contribution in [0.15, 0.2) is 11.3 Å². The predicted octanol–water partition coefficient (Wildman–Crippen LogP) is 2.28. The minimum atomic E-state index is 0.